The molecule has 0 aliphatic heterocycles. The van der Waals surface area contributed by atoms with Crippen molar-refractivity contribution in [3.8, 4) is 0 Å². The quantitative estimate of drug-likeness (QED) is 0.0211. The Kier molecular flexibility index (Phi) is 53.3. The van der Waals surface area contributed by atoms with Crippen LogP contribution in [0.4, 0.5) is 0 Å². The number of allylic oxidation sites excluding steroid dienone is 26. The molecule has 0 spiro atoms. The summed E-state index contributed by atoms with van der Waals surface area (Å²) in [4.78, 5) is 37.5. The number of carbonyl (C=O) groups is 3. The highest BCUT2D eigenvalue weighted by Gasteiger charge is 2.25. The lowest BCUT2D eigenvalue weighted by molar-refractivity contribution is -0.870. The number of hydrogen-bond donors (Lipinski definition) is 1. The van der Waals surface area contributed by atoms with E-state index in [0.29, 0.717) is 17.4 Å². The van der Waals surface area contributed by atoms with Crippen molar-refractivity contribution < 1.29 is 42.9 Å². The summed E-state index contributed by atoms with van der Waals surface area (Å²) in [6, 6.07) is 0. The number of ether oxygens (including phenoxy) is 4. The van der Waals surface area contributed by atoms with Gasteiger partial charge < -0.3 is 28.5 Å². The molecule has 9 heteroatoms. The minimum absolute atomic E-state index is 0.170. The average molecular weight is 1070 g/mol. The van der Waals surface area contributed by atoms with Crippen molar-refractivity contribution in [1.29, 1.82) is 0 Å². The Morgan fingerprint density at radius 3 is 1.04 bits per heavy atom. The van der Waals surface area contributed by atoms with Crippen molar-refractivity contribution in [3.63, 3.8) is 0 Å². The van der Waals surface area contributed by atoms with Crippen LogP contribution in [-0.4, -0.2) is 87.4 Å². The summed E-state index contributed by atoms with van der Waals surface area (Å²) < 4.78 is 22.8. The van der Waals surface area contributed by atoms with E-state index in [-0.39, 0.29) is 38.6 Å². The van der Waals surface area contributed by atoms with Gasteiger partial charge in [0, 0.05) is 12.8 Å². The second-order valence-electron chi connectivity index (χ2n) is 20.2. The topological polar surface area (TPSA) is 108 Å². The predicted molar refractivity (Wildman–Crippen MR) is 327 cm³/mol. The van der Waals surface area contributed by atoms with Crippen LogP contribution >= 0.6 is 0 Å². The molecule has 0 aromatic carbocycles. The van der Waals surface area contributed by atoms with E-state index in [4.69, 9.17) is 18.9 Å². The van der Waals surface area contributed by atoms with Crippen molar-refractivity contribution in [2.45, 2.75) is 206 Å². The van der Waals surface area contributed by atoms with Gasteiger partial charge in [-0.3, -0.25) is 9.59 Å². The largest absolute Gasteiger partial charge is 0.477 e. The molecule has 2 unspecified atom stereocenters. The van der Waals surface area contributed by atoms with E-state index < -0.39 is 24.3 Å². The highest BCUT2D eigenvalue weighted by Crippen LogP contribution is 2.13. The molecule has 1 N–H and O–H groups in total. The first kappa shape index (κ1) is 71.9. The number of carboxylic acid groups (broad SMARTS) is 1. The zero-order valence-electron chi connectivity index (χ0n) is 49.0. The van der Waals surface area contributed by atoms with Gasteiger partial charge in [-0.1, -0.05) is 217 Å². The standard InChI is InChI=1S/C68H107NO8/c1-6-8-10-12-14-16-18-20-22-24-26-28-30-31-32-33-34-35-37-39-41-43-45-47-49-51-53-55-57-59-66(71)77-64(63-76-68(67(72)73)74-61-60-69(3,4)5)62-75-65(70)58-56-54-52-50-48-46-44-42-40-38-36-29-27-25-23-21-19-17-15-13-11-9-7-2/h8-11,14-17,20-23,26-29,31-32,34-35,38-41,45,47,64,68H,6-7,12-13,18-19,24-25,30,33,36-37,42-44,46,48-63H2,1-5H3/p+1/b10-8-,11-9-,16-14-,17-15-,22-20-,23-21-,28-26-,29-27-,32-31-,35-34-,40-38-,41-39-,47-45-. The van der Waals surface area contributed by atoms with E-state index in [1.54, 1.807) is 0 Å². The molecule has 2 atom stereocenters. The van der Waals surface area contributed by atoms with Crippen LogP contribution in [0.5, 0.6) is 0 Å². The van der Waals surface area contributed by atoms with Gasteiger partial charge in [-0.05, 0) is 122 Å². The van der Waals surface area contributed by atoms with Crippen LogP contribution in [0.2, 0.25) is 0 Å². The Bertz CT molecular complexity index is 1810. The first-order chi connectivity index (χ1) is 37.6. The molecular weight excluding hydrogens is 959 g/mol. The Morgan fingerprint density at radius 2 is 0.701 bits per heavy atom. The van der Waals surface area contributed by atoms with E-state index >= 15 is 0 Å². The lowest BCUT2D eigenvalue weighted by atomic mass is 10.1. The Labute approximate surface area is 470 Å². The van der Waals surface area contributed by atoms with E-state index in [1.807, 2.05) is 21.1 Å². The van der Waals surface area contributed by atoms with Crippen molar-refractivity contribution in [2.75, 3.05) is 47.5 Å². The highest BCUT2D eigenvalue weighted by molar-refractivity contribution is 5.71. The molecule has 432 valence electrons. The molecule has 0 saturated heterocycles. The fourth-order valence-electron chi connectivity index (χ4n) is 7.29. The van der Waals surface area contributed by atoms with Crippen LogP contribution in [0, 0.1) is 0 Å². The first-order valence-corrected chi connectivity index (χ1v) is 29.6. The second-order valence-corrected chi connectivity index (χ2v) is 20.2. The van der Waals surface area contributed by atoms with Crippen molar-refractivity contribution in [3.05, 3.63) is 158 Å². The third kappa shape index (κ3) is 58.4. The number of likely N-dealkylation sites (N-methyl/N-ethyl adjacent to an activating group) is 1. The molecule has 0 aromatic heterocycles. The van der Waals surface area contributed by atoms with E-state index in [9.17, 15) is 19.5 Å². The Balaban J connectivity index is 4.38. The normalized spacial score (nSPS) is 13.9. The lowest BCUT2D eigenvalue weighted by Gasteiger charge is -2.25. The van der Waals surface area contributed by atoms with Gasteiger partial charge in [0.15, 0.2) is 6.10 Å². The fraction of sp³-hybridized carbons (Fsp3) is 0.574. The van der Waals surface area contributed by atoms with Crippen molar-refractivity contribution in [2.24, 2.45) is 0 Å². The van der Waals surface area contributed by atoms with Crippen molar-refractivity contribution in [1.82, 2.24) is 0 Å². The Morgan fingerprint density at radius 1 is 0.390 bits per heavy atom. The first-order valence-electron chi connectivity index (χ1n) is 29.6. The van der Waals surface area contributed by atoms with Crippen LogP contribution in [0.15, 0.2) is 158 Å². The molecule has 0 aliphatic rings. The van der Waals surface area contributed by atoms with Crippen LogP contribution in [-0.2, 0) is 33.3 Å². The summed E-state index contributed by atoms with van der Waals surface area (Å²) in [6.45, 7) is 4.57. The molecule has 0 amide bonds. The van der Waals surface area contributed by atoms with Crippen LogP contribution in [0.3, 0.4) is 0 Å². The fourth-order valence-corrected chi connectivity index (χ4v) is 7.29. The Hall–Kier alpha value is -5.09. The third-order valence-corrected chi connectivity index (χ3v) is 11.8. The van der Waals surface area contributed by atoms with E-state index in [2.05, 4.69) is 172 Å². The van der Waals surface area contributed by atoms with Gasteiger partial charge in [0.2, 0.25) is 0 Å². The number of hydrogen-bond acceptors (Lipinski definition) is 7. The maximum Gasteiger partial charge on any atom is 0.361 e. The number of quaternary nitrogens is 1. The smallest absolute Gasteiger partial charge is 0.361 e. The summed E-state index contributed by atoms with van der Waals surface area (Å²) in [5, 5.41) is 9.71. The third-order valence-electron chi connectivity index (χ3n) is 11.8. The zero-order chi connectivity index (χ0) is 56.2. The van der Waals surface area contributed by atoms with Gasteiger partial charge in [0.05, 0.1) is 34.4 Å². The lowest BCUT2D eigenvalue weighted by Crippen LogP contribution is -2.40. The number of esters is 2. The summed E-state index contributed by atoms with van der Waals surface area (Å²) in [5.74, 6) is -2.08. The summed E-state index contributed by atoms with van der Waals surface area (Å²) in [7, 11) is 5.94. The maximum atomic E-state index is 12.9. The SMILES string of the molecule is CC/C=C\C/C=C\C/C=C\C/C=C\C/C=C\C/C=C\C/C=C\C/C=C\CCCCCCC(=O)OC(COC(=O)CCCCCCCCC/C=C\C/C=C\C/C=C\C/C=C\C/C=C\CC)COC(OCC[N+](C)(C)C)C(=O)O. The zero-order valence-corrected chi connectivity index (χ0v) is 49.0. The van der Waals surface area contributed by atoms with E-state index in [0.717, 1.165) is 141 Å². The van der Waals surface area contributed by atoms with Crippen LogP contribution in [0.25, 0.3) is 0 Å². The van der Waals surface area contributed by atoms with Crippen LogP contribution in [0.1, 0.15) is 194 Å². The molecule has 0 fully saturated rings. The molecule has 0 heterocycles. The van der Waals surface area contributed by atoms with Gasteiger partial charge in [-0.2, -0.15) is 0 Å². The second kappa shape index (κ2) is 57.1. The number of aliphatic carboxylic acids is 1. The monoisotopic (exact) mass is 1070 g/mol. The summed E-state index contributed by atoms with van der Waals surface area (Å²) in [5.41, 5.74) is 0. The molecule has 0 bridgehead atoms. The number of rotatable bonds is 52. The van der Waals surface area contributed by atoms with Gasteiger partial charge in [-0.15, -0.1) is 0 Å². The molecule has 77 heavy (non-hydrogen) atoms. The highest BCUT2D eigenvalue weighted by atomic mass is 16.7. The van der Waals surface area contributed by atoms with Gasteiger partial charge >= 0.3 is 17.9 Å². The molecular formula is C68H108NO8+. The van der Waals surface area contributed by atoms with Crippen LogP contribution < -0.4 is 0 Å². The molecule has 0 aromatic rings. The number of carbonyl (C=O) groups excluding carboxylic acids is 2. The minimum Gasteiger partial charge on any atom is -0.477 e. The van der Waals surface area contributed by atoms with Gasteiger partial charge in [0.25, 0.3) is 6.29 Å². The van der Waals surface area contributed by atoms with Gasteiger partial charge in [-0.25, -0.2) is 4.79 Å². The number of unbranched alkanes of at least 4 members (excludes halogenated alkanes) is 11. The minimum atomic E-state index is -1.53. The average Bonchev–Trinajstić information content (AvgIpc) is 3.40. The predicted octanol–water partition coefficient (Wildman–Crippen LogP) is 17.8. The molecule has 0 saturated carbocycles. The van der Waals surface area contributed by atoms with E-state index in [1.165, 1.54) is 19.3 Å². The summed E-state index contributed by atoms with van der Waals surface area (Å²) in [6.07, 6.45) is 81.7. The number of carboxylic acids is 1. The molecule has 0 aliphatic carbocycles. The molecule has 0 rings (SSSR count). The summed E-state index contributed by atoms with van der Waals surface area (Å²) >= 11 is 0. The number of nitrogens with zero attached hydrogens (tertiary/aromatic N) is 1. The van der Waals surface area contributed by atoms with Crippen molar-refractivity contribution >= 4 is 17.9 Å². The van der Waals surface area contributed by atoms with Gasteiger partial charge in [0.1, 0.15) is 13.2 Å². The maximum absolute atomic E-state index is 12.9. The molecule has 0 radical (unpaired) electrons. The molecule has 9 nitrogen and oxygen atoms in total.